The number of hydrogen-bond acceptors (Lipinski definition) is 3. The van der Waals surface area contributed by atoms with Crippen LogP contribution in [0.25, 0.3) is 0 Å². The Bertz CT molecular complexity index is 641. The fraction of sp³-hybridized carbons (Fsp3) is 0.118. The van der Waals surface area contributed by atoms with Gasteiger partial charge in [0, 0.05) is 16.8 Å². The molecule has 0 aliphatic heterocycles. The Morgan fingerprint density at radius 1 is 1.14 bits per heavy atom. The van der Waals surface area contributed by atoms with Crippen molar-refractivity contribution in [2.24, 2.45) is 0 Å². The van der Waals surface area contributed by atoms with E-state index in [9.17, 15) is 4.79 Å². The maximum absolute atomic E-state index is 11.9. The molecule has 0 bridgehead atoms. The molecule has 5 heteroatoms. The van der Waals surface area contributed by atoms with E-state index in [4.69, 9.17) is 21.1 Å². The van der Waals surface area contributed by atoms with Crippen molar-refractivity contribution in [3.8, 4) is 11.5 Å². The molecular weight excluding hydrogens is 302 g/mol. The molecule has 0 unspecified atom stereocenters. The van der Waals surface area contributed by atoms with E-state index in [1.165, 1.54) is 0 Å². The van der Waals surface area contributed by atoms with E-state index in [2.05, 4.69) is 11.9 Å². The molecule has 1 amide bonds. The number of rotatable bonds is 7. The number of hydrogen-bond donors (Lipinski definition) is 1. The molecule has 0 radical (unpaired) electrons. The summed E-state index contributed by atoms with van der Waals surface area (Å²) in [6, 6.07) is 13.9. The van der Waals surface area contributed by atoms with Gasteiger partial charge in [0.05, 0.1) is 0 Å². The Hall–Kier alpha value is -2.46. The average Bonchev–Trinajstić information content (AvgIpc) is 2.53. The van der Waals surface area contributed by atoms with Crippen molar-refractivity contribution in [3.63, 3.8) is 0 Å². The van der Waals surface area contributed by atoms with Gasteiger partial charge in [0.2, 0.25) is 0 Å². The topological polar surface area (TPSA) is 47.6 Å². The molecule has 0 saturated carbocycles. The molecule has 0 fully saturated rings. The summed E-state index contributed by atoms with van der Waals surface area (Å²) in [6.07, 6.45) is 1.66. The second-order valence-corrected chi connectivity index (χ2v) is 4.85. The van der Waals surface area contributed by atoms with Gasteiger partial charge in [0.15, 0.2) is 6.61 Å². The van der Waals surface area contributed by atoms with Crippen molar-refractivity contribution in [2.45, 2.75) is 0 Å². The fourth-order valence-electron chi connectivity index (χ4n) is 1.70. The van der Waals surface area contributed by atoms with E-state index in [1.54, 1.807) is 48.5 Å². The molecule has 2 rings (SSSR count). The zero-order valence-electron chi connectivity index (χ0n) is 11.9. The number of ether oxygens (including phenoxy) is 2. The fourth-order valence-corrected chi connectivity index (χ4v) is 1.82. The first-order valence-electron chi connectivity index (χ1n) is 6.69. The molecular formula is C17H16ClNO3. The highest BCUT2D eigenvalue weighted by atomic mass is 35.5. The van der Waals surface area contributed by atoms with Gasteiger partial charge in [-0.1, -0.05) is 30.3 Å². The summed E-state index contributed by atoms with van der Waals surface area (Å²) in [5, 5.41) is 3.36. The second kappa shape index (κ2) is 8.10. The second-order valence-electron chi connectivity index (χ2n) is 4.42. The summed E-state index contributed by atoms with van der Waals surface area (Å²) in [5.74, 6) is 0.995. The van der Waals surface area contributed by atoms with E-state index in [1.807, 2.05) is 6.07 Å². The number of nitrogens with one attached hydrogen (secondary N) is 1. The van der Waals surface area contributed by atoms with E-state index < -0.39 is 0 Å². The lowest BCUT2D eigenvalue weighted by atomic mass is 10.3. The van der Waals surface area contributed by atoms with Gasteiger partial charge in [0.1, 0.15) is 18.1 Å². The number of carbonyl (C=O) groups excluding carboxylic acids is 1. The third-order valence-corrected chi connectivity index (χ3v) is 2.92. The van der Waals surface area contributed by atoms with E-state index in [0.717, 1.165) is 0 Å². The average molecular weight is 318 g/mol. The van der Waals surface area contributed by atoms with Crippen molar-refractivity contribution in [2.75, 3.05) is 18.5 Å². The molecule has 2 aromatic carbocycles. The first kappa shape index (κ1) is 15.9. The molecule has 1 N–H and O–H groups in total. The highest BCUT2D eigenvalue weighted by molar-refractivity contribution is 6.30. The van der Waals surface area contributed by atoms with Crippen LogP contribution < -0.4 is 14.8 Å². The Kier molecular flexibility index (Phi) is 5.86. The molecule has 114 valence electrons. The van der Waals surface area contributed by atoms with Gasteiger partial charge < -0.3 is 14.8 Å². The van der Waals surface area contributed by atoms with E-state index in [-0.39, 0.29) is 12.5 Å². The van der Waals surface area contributed by atoms with E-state index >= 15 is 0 Å². The first-order chi connectivity index (χ1) is 10.7. The Morgan fingerprint density at radius 2 is 1.91 bits per heavy atom. The van der Waals surface area contributed by atoms with Crippen LogP contribution in [0.4, 0.5) is 5.69 Å². The van der Waals surface area contributed by atoms with Crippen LogP contribution in [0.15, 0.2) is 61.2 Å². The molecule has 0 aromatic heterocycles. The molecule has 0 aliphatic rings. The van der Waals surface area contributed by atoms with Crippen LogP contribution in [0.2, 0.25) is 5.02 Å². The normalized spacial score (nSPS) is 9.86. The molecule has 2 aromatic rings. The van der Waals surface area contributed by atoms with E-state index in [0.29, 0.717) is 28.8 Å². The molecule has 0 atom stereocenters. The van der Waals surface area contributed by atoms with Crippen LogP contribution in [0.1, 0.15) is 0 Å². The molecule has 0 heterocycles. The van der Waals surface area contributed by atoms with Crippen LogP contribution in [0.5, 0.6) is 11.5 Å². The minimum absolute atomic E-state index is 0.0840. The largest absolute Gasteiger partial charge is 0.489 e. The number of halogens is 1. The Balaban J connectivity index is 1.86. The van der Waals surface area contributed by atoms with Crippen LogP contribution in [-0.2, 0) is 4.79 Å². The highest BCUT2D eigenvalue weighted by Gasteiger charge is 2.05. The molecule has 22 heavy (non-hydrogen) atoms. The van der Waals surface area contributed by atoms with Crippen LogP contribution >= 0.6 is 11.6 Å². The highest BCUT2D eigenvalue weighted by Crippen LogP contribution is 2.18. The van der Waals surface area contributed by atoms with Gasteiger partial charge in [0.25, 0.3) is 5.91 Å². The maximum atomic E-state index is 11.9. The lowest BCUT2D eigenvalue weighted by molar-refractivity contribution is -0.118. The smallest absolute Gasteiger partial charge is 0.262 e. The van der Waals surface area contributed by atoms with Gasteiger partial charge in [-0.05, 0) is 36.4 Å². The summed E-state index contributed by atoms with van der Waals surface area (Å²) in [6.45, 7) is 3.92. The number of anilines is 1. The lowest BCUT2D eigenvalue weighted by Gasteiger charge is -2.09. The molecule has 0 spiro atoms. The summed E-state index contributed by atoms with van der Waals surface area (Å²) in [5.41, 5.74) is 0.645. The van der Waals surface area contributed by atoms with Crippen molar-refractivity contribution in [1.82, 2.24) is 0 Å². The monoisotopic (exact) mass is 317 g/mol. The van der Waals surface area contributed by atoms with Crippen molar-refractivity contribution < 1.29 is 14.3 Å². The SMILES string of the molecule is C=CCOc1cccc(NC(=O)COc2ccc(Cl)cc2)c1. The Morgan fingerprint density at radius 3 is 2.64 bits per heavy atom. The minimum Gasteiger partial charge on any atom is -0.489 e. The summed E-state index contributed by atoms with van der Waals surface area (Å²) >= 11 is 5.78. The Labute approximate surface area is 134 Å². The predicted octanol–water partition coefficient (Wildman–Crippen LogP) is 3.92. The van der Waals surface area contributed by atoms with Crippen LogP contribution in [0.3, 0.4) is 0 Å². The first-order valence-corrected chi connectivity index (χ1v) is 7.07. The summed E-state index contributed by atoms with van der Waals surface area (Å²) in [4.78, 5) is 11.9. The third-order valence-electron chi connectivity index (χ3n) is 2.67. The summed E-state index contributed by atoms with van der Waals surface area (Å²) < 4.78 is 10.8. The minimum atomic E-state index is -0.254. The molecule has 4 nitrogen and oxygen atoms in total. The van der Waals surface area contributed by atoms with Gasteiger partial charge >= 0.3 is 0 Å². The van der Waals surface area contributed by atoms with Gasteiger partial charge in [-0.3, -0.25) is 4.79 Å². The zero-order valence-corrected chi connectivity index (χ0v) is 12.7. The predicted molar refractivity (Wildman–Crippen MR) is 87.7 cm³/mol. The quantitative estimate of drug-likeness (QED) is 0.787. The van der Waals surface area contributed by atoms with Crippen molar-refractivity contribution in [3.05, 3.63) is 66.2 Å². The van der Waals surface area contributed by atoms with Crippen LogP contribution in [-0.4, -0.2) is 19.1 Å². The third kappa shape index (κ3) is 5.14. The van der Waals surface area contributed by atoms with Crippen LogP contribution in [0, 0.1) is 0 Å². The van der Waals surface area contributed by atoms with Crippen molar-refractivity contribution >= 4 is 23.2 Å². The molecule has 0 saturated heterocycles. The van der Waals surface area contributed by atoms with Crippen molar-refractivity contribution in [1.29, 1.82) is 0 Å². The maximum Gasteiger partial charge on any atom is 0.262 e. The number of carbonyl (C=O) groups is 1. The summed E-state index contributed by atoms with van der Waals surface area (Å²) in [7, 11) is 0. The lowest BCUT2D eigenvalue weighted by Crippen LogP contribution is -2.20. The number of amides is 1. The zero-order chi connectivity index (χ0) is 15.8. The number of benzene rings is 2. The van der Waals surface area contributed by atoms with Gasteiger partial charge in [-0.2, -0.15) is 0 Å². The van der Waals surface area contributed by atoms with Gasteiger partial charge in [-0.25, -0.2) is 0 Å². The van der Waals surface area contributed by atoms with Gasteiger partial charge in [-0.15, -0.1) is 0 Å². The molecule has 0 aliphatic carbocycles. The standard InChI is InChI=1S/C17H16ClNO3/c1-2-10-21-16-5-3-4-14(11-16)19-17(20)12-22-15-8-6-13(18)7-9-15/h2-9,11H,1,10,12H2,(H,19,20).